The van der Waals surface area contributed by atoms with Crippen molar-refractivity contribution in [2.45, 2.75) is 30.0 Å². The van der Waals surface area contributed by atoms with Gasteiger partial charge in [0.05, 0.1) is 4.90 Å². The summed E-state index contributed by atoms with van der Waals surface area (Å²) >= 11 is 1.67. The molecule has 0 spiro atoms. The molecule has 2 aromatic rings. The molecular formula is C16H16F3NO3S2. The molecule has 1 aromatic heterocycles. The Morgan fingerprint density at radius 3 is 2.24 bits per heavy atom. The highest BCUT2D eigenvalue weighted by Gasteiger charge is 2.32. The van der Waals surface area contributed by atoms with Crippen LogP contribution in [0.2, 0.25) is 0 Å². The molecule has 0 bridgehead atoms. The number of rotatable bonds is 4. The predicted molar refractivity (Wildman–Crippen MR) is 88.2 cm³/mol. The van der Waals surface area contributed by atoms with E-state index >= 15 is 0 Å². The first-order chi connectivity index (χ1) is 11.8. The molecule has 0 radical (unpaired) electrons. The monoisotopic (exact) mass is 391 g/mol. The van der Waals surface area contributed by atoms with Crippen LogP contribution < -0.4 is 4.74 Å². The van der Waals surface area contributed by atoms with Crippen LogP contribution in [0.5, 0.6) is 5.75 Å². The molecule has 0 atom stereocenters. The lowest BCUT2D eigenvalue weighted by Crippen LogP contribution is -2.37. The van der Waals surface area contributed by atoms with E-state index in [9.17, 15) is 21.6 Å². The fourth-order valence-electron chi connectivity index (χ4n) is 2.87. The van der Waals surface area contributed by atoms with Gasteiger partial charge in [0, 0.05) is 18.0 Å². The summed E-state index contributed by atoms with van der Waals surface area (Å²) in [4.78, 5) is 1.22. The van der Waals surface area contributed by atoms with Crippen molar-refractivity contribution >= 4 is 21.4 Å². The number of hydrogen-bond acceptors (Lipinski definition) is 4. The minimum absolute atomic E-state index is 0.0309. The van der Waals surface area contributed by atoms with Crippen molar-refractivity contribution < 1.29 is 26.3 Å². The topological polar surface area (TPSA) is 46.6 Å². The zero-order chi connectivity index (χ0) is 18.1. The maximum atomic E-state index is 12.6. The van der Waals surface area contributed by atoms with Gasteiger partial charge in [0.15, 0.2) is 0 Å². The van der Waals surface area contributed by atoms with Crippen molar-refractivity contribution in [2.75, 3.05) is 13.1 Å². The Morgan fingerprint density at radius 2 is 1.72 bits per heavy atom. The second-order valence-corrected chi connectivity index (χ2v) is 8.63. The SMILES string of the molecule is O=S(=O)(c1ccc(OC(F)(F)F)cc1)N1CCC(c2cccs2)CC1. The number of hydrogen-bond donors (Lipinski definition) is 0. The van der Waals surface area contributed by atoms with Crippen LogP contribution >= 0.6 is 11.3 Å². The minimum Gasteiger partial charge on any atom is -0.406 e. The van der Waals surface area contributed by atoms with Gasteiger partial charge in [-0.1, -0.05) is 6.07 Å². The average molecular weight is 391 g/mol. The van der Waals surface area contributed by atoms with Crippen molar-refractivity contribution in [1.82, 2.24) is 4.31 Å². The molecule has 9 heteroatoms. The quantitative estimate of drug-likeness (QED) is 0.784. The Balaban J connectivity index is 1.68. The van der Waals surface area contributed by atoms with Gasteiger partial charge in [-0.25, -0.2) is 8.42 Å². The first kappa shape index (κ1) is 18.2. The van der Waals surface area contributed by atoms with Crippen LogP contribution in [0.15, 0.2) is 46.7 Å². The van der Waals surface area contributed by atoms with Gasteiger partial charge < -0.3 is 4.74 Å². The summed E-state index contributed by atoms with van der Waals surface area (Å²) in [5.41, 5.74) is 0. The van der Waals surface area contributed by atoms with E-state index in [1.165, 1.54) is 9.18 Å². The fourth-order valence-corrected chi connectivity index (χ4v) is 5.24. The van der Waals surface area contributed by atoms with Crippen LogP contribution in [0.1, 0.15) is 23.6 Å². The van der Waals surface area contributed by atoms with Crippen LogP contribution in [0.3, 0.4) is 0 Å². The second kappa shape index (κ2) is 6.97. The van der Waals surface area contributed by atoms with Crippen molar-refractivity contribution in [2.24, 2.45) is 0 Å². The van der Waals surface area contributed by atoms with Crippen LogP contribution in [0, 0.1) is 0 Å². The molecule has 0 amide bonds. The van der Waals surface area contributed by atoms with E-state index in [1.807, 2.05) is 11.4 Å². The van der Waals surface area contributed by atoms with E-state index in [1.54, 1.807) is 11.3 Å². The van der Waals surface area contributed by atoms with E-state index in [4.69, 9.17) is 0 Å². The Kier molecular flexibility index (Phi) is 5.08. The second-order valence-electron chi connectivity index (χ2n) is 5.71. The Hall–Kier alpha value is -1.58. The zero-order valence-corrected chi connectivity index (χ0v) is 14.7. The van der Waals surface area contributed by atoms with E-state index < -0.39 is 22.1 Å². The number of thiophene rings is 1. The molecule has 4 nitrogen and oxygen atoms in total. The fraction of sp³-hybridized carbons (Fsp3) is 0.375. The highest BCUT2D eigenvalue weighted by molar-refractivity contribution is 7.89. The van der Waals surface area contributed by atoms with Gasteiger partial charge in [-0.05, 0) is 54.5 Å². The van der Waals surface area contributed by atoms with Crippen LogP contribution in [-0.2, 0) is 10.0 Å². The zero-order valence-electron chi connectivity index (χ0n) is 13.1. The van der Waals surface area contributed by atoms with Gasteiger partial charge in [-0.2, -0.15) is 4.31 Å². The third kappa shape index (κ3) is 4.34. The summed E-state index contributed by atoms with van der Waals surface area (Å²) in [6, 6.07) is 8.34. The first-order valence-corrected chi connectivity index (χ1v) is 9.97. The molecule has 0 N–H and O–H groups in total. The molecule has 1 saturated heterocycles. The highest BCUT2D eigenvalue weighted by atomic mass is 32.2. The lowest BCUT2D eigenvalue weighted by Gasteiger charge is -2.30. The van der Waals surface area contributed by atoms with Gasteiger partial charge in [0.25, 0.3) is 0 Å². The molecule has 1 fully saturated rings. The normalized spacial score (nSPS) is 17.6. The summed E-state index contributed by atoms with van der Waals surface area (Å²) in [5.74, 6) is -0.0862. The summed E-state index contributed by atoms with van der Waals surface area (Å²) in [6.07, 6.45) is -3.34. The van der Waals surface area contributed by atoms with Crippen molar-refractivity contribution in [3.63, 3.8) is 0 Å². The molecule has 1 aromatic carbocycles. The number of sulfonamides is 1. The van der Waals surface area contributed by atoms with Crippen molar-refractivity contribution in [3.05, 3.63) is 46.7 Å². The largest absolute Gasteiger partial charge is 0.573 e. The summed E-state index contributed by atoms with van der Waals surface area (Å²) < 4.78 is 66.9. The van der Waals surface area contributed by atoms with Crippen molar-refractivity contribution in [3.8, 4) is 5.75 Å². The Labute approximate surface area is 147 Å². The third-order valence-electron chi connectivity index (χ3n) is 4.09. The van der Waals surface area contributed by atoms with Gasteiger partial charge in [-0.3, -0.25) is 0 Å². The number of ether oxygens (including phenoxy) is 1. The van der Waals surface area contributed by atoms with Gasteiger partial charge in [-0.15, -0.1) is 24.5 Å². The number of alkyl halides is 3. The Morgan fingerprint density at radius 1 is 1.08 bits per heavy atom. The molecule has 3 rings (SSSR count). The molecular weight excluding hydrogens is 375 g/mol. The molecule has 1 aliphatic rings. The standard InChI is InChI=1S/C16H16F3NO3S2/c17-16(18,19)23-13-3-5-14(6-4-13)25(21,22)20-9-7-12(8-10-20)15-2-1-11-24-15/h1-6,11-12H,7-10H2. The van der Waals surface area contributed by atoms with Gasteiger partial charge in [0.2, 0.25) is 10.0 Å². The molecule has 0 aliphatic carbocycles. The maximum absolute atomic E-state index is 12.6. The smallest absolute Gasteiger partial charge is 0.406 e. The molecule has 0 saturated carbocycles. The number of benzene rings is 1. The minimum atomic E-state index is -4.80. The van der Waals surface area contributed by atoms with E-state index in [0.717, 1.165) is 37.1 Å². The van der Waals surface area contributed by atoms with E-state index in [2.05, 4.69) is 10.8 Å². The molecule has 1 aliphatic heterocycles. The van der Waals surface area contributed by atoms with E-state index in [0.29, 0.717) is 19.0 Å². The predicted octanol–water partition coefficient (Wildman–Crippen LogP) is 4.22. The lowest BCUT2D eigenvalue weighted by molar-refractivity contribution is -0.274. The molecule has 136 valence electrons. The van der Waals surface area contributed by atoms with E-state index in [-0.39, 0.29) is 4.90 Å². The number of halogens is 3. The maximum Gasteiger partial charge on any atom is 0.573 e. The van der Waals surface area contributed by atoms with Crippen molar-refractivity contribution in [1.29, 1.82) is 0 Å². The lowest BCUT2D eigenvalue weighted by atomic mass is 9.97. The van der Waals surface area contributed by atoms with Crippen LogP contribution in [0.4, 0.5) is 13.2 Å². The highest BCUT2D eigenvalue weighted by Crippen LogP contribution is 2.33. The van der Waals surface area contributed by atoms with Crippen LogP contribution in [-0.4, -0.2) is 32.2 Å². The van der Waals surface area contributed by atoms with Crippen LogP contribution in [0.25, 0.3) is 0 Å². The van der Waals surface area contributed by atoms with Gasteiger partial charge >= 0.3 is 6.36 Å². The molecule has 25 heavy (non-hydrogen) atoms. The first-order valence-electron chi connectivity index (χ1n) is 7.65. The Bertz CT molecular complexity index is 794. The summed E-state index contributed by atoms with van der Waals surface area (Å²) in [7, 11) is -3.71. The third-order valence-corrected chi connectivity index (χ3v) is 7.04. The average Bonchev–Trinajstić information content (AvgIpc) is 3.08. The molecule has 0 unspecified atom stereocenters. The number of piperidine rings is 1. The number of nitrogens with zero attached hydrogens (tertiary/aromatic N) is 1. The summed E-state index contributed by atoms with van der Waals surface area (Å²) in [5, 5.41) is 2.00. The molecule has 2 heterocycles. The van der Waals surface area contributed by atoms with Gasteiger partial charge in [0.1, 0.15) is 5.75 Å². The summed E-state index contributed by atoms with van der Waals surface area (Å²) in [6.45, 7) is 0.789.